The van der Waals surface area contributed by atoms with E-state index in [0.29, 0.717) is 19.3 Å². The van der Waals surface area contributed by atoms with Crippen LogP contribution in [0.3, 0.4) is 0 Å². The fourth-order valence-corrected chi connectivity index (χ4v) is 5.01. The molecule has 0 bridgehead atoms. The van der Waals surface area contributed by atoms with Crippen LogP contribution in [0.15, 0.2) is 0 Å². The molecule has 0 spiro atoms. The molecule has 8 heteroatoms. The number of rotatable bonds is 4. The number of aliphatic hydroxyl groups is 1. The largest absolute Gasteiger partial charge is 0.481 e. The van der Waals surface area contributed by atoms with Crippen molar-refractivity contribution in [1.29, 1.82) is 0 Å². The van der Waals surface area contributed by atoms with Crippen molar-refractivity contribution in [3.05, 3.63) is 0 Å². The van der Waals surface area contributed by atoms with E-state index < -0.39 is 33.3 Å². The van der Waals surface area contributed by atoms with Crippen LogP contribution < -0.4 is 0 Å². The fourth-order valence-electron chi connectivity index (χ4n) is 2.79. The van der Waals surface area contributed by atoms with Gasteiger partial charge in [0.15, 0.2) is 0 Å². The molecule has 1 aliphatic carbocycles. The maximum atomic E-state index is 12.5. The quantitative estimate of drug-likeness (QED) is 0.707. The first-order chi connectivity index (χ1) is 8.96. The summed E-state index contributed by atoms with van der Waals surface area (Å²) in [5.41, 5.74) is 0. The van der Waals surface area contributed by atoms with E-state index >= 15 is 0 Å². The molecule has 110 valence electrons. The number of sulfonamides is 1. The van der Waals surface area contributed by atoms with Crippen LogP contribution in [0.2, 0.25) is 0 Å². The lowest BCUT2D eigenvalue weighted by molar-refractivity contribution is -0.141. The van der Waals surface area contributed by atoms with Crippen molar-refractivity contribution in [3.8, 4) is 0 Å². The molecule has 0 aromatic heterocycles. The Morgan fingerprint density at radius 3 is 2.74 bits per heavy atom. The van der Waals surface area contributed by atoms with E-state index in [2.05, 4.69) is 0 Å². The number of morpholine rings is 1. The standard InChI is InChI=1S/C11H19NO6S/c13-7-8-6-12(4-5-18-8)19(16,17)10-3-1-2-9(10)11(14)15/h8-10,13H,1-7H2,(H,14,15). The maximum Gasteiger partial charge on any atom is 0.307 e. The van der Waals surface area contributed by atoms with E-state index in [-0.39, 0.29) is 26.3 Å². The summed E-state index contributed by atoms with van der Waals surface area (Å²) in [6.07, 6.45) is 0.899. The molecule has 0 amide bonds. The average Bonchev–Trinajstić information content (AvgIpc) is 2.89. The minimum Gasteiger partial charge on any atom is -0.481 e. The van der Waals surface area contributed by atoms with Crippen molar-refractivity contribution < 1.29 is 28.2 Å². The van der Waals surface area contributed by atoms with Gasteiger partial charge in [-0.05, 0) is 12.8 Å². The molecule has 1 heterocycles. The highest BCUT2D eigenvalue weighted by molar-refractivity contribution is 7.89. The second-order valence-corrected chi connectivity index (χ2v) is 7.14. The Balaban J connectivity index is 2.15. The minimum atomic E-state index is -3.64. The number of nitrogens with zero attached hydrogens (tertiary/aromatic N) is 1. The van der Waals surface area contributed by atoms with E-state index in [4.69, 9.17) is 14.9 Å². The molecular weight excluding hydrogens is 274 g/mol. The SMILES string of the molecule is O=C(O)C1CCCC1S(=O)(=O)N1CCOC(CO)C1. The van der Waals surface area contributed by atoms with Crippen LogP contribution in [0.5, 0.6) is 0 Å². The third-order valence-corrected chi connectivity index (χ3v) is 6.20. The summed E-state index contributed by atoms with van der Waals surface area (Å²) in [6.45, 7) is 0.317. The topological polar surface area (TPSA) is 104 Å². The molecule has 2 fully saturated rings. The summed E-state index contributed by atoms with van der Waals surface area (Å²) in [7, 11) is -3.64. The lowest BCUT2D eigenvalue weighted by Gasteiger charge is -2.33. The second kappa shape index (κ2) is 5.74. The Hall–Kier alpha value is -0.700. The van der Waals surface area contributed by atoms with Gasteiger partial charge in [0.25, 0.3) is 0 Å². The predicted octanol–water partition coefficient (Wildman–Crippen LogP) is -0.737. The summed E-state index contributed by atoms with van der Waals surface area (Å²) in [6, 6.07) is 0. The molecule has 2 N–H and O–H groups in total. The molecule has 1 saturated carbocycles. The third kappa shape index (κ3) is 2.91. The first-order valence-corrected chi connectivity index (χ1v) is 7.91. The number of aliphatic hydroxyl groups excluding tert-OH is 1. The monoisotopic (exact) mass is 293 g/mol. The van der Waals surface area contributed by atoms with Crippen molar-refractivity contribution in [3.63, 3.8) is 0 Å². The number of ether oxygens (including phenoxy) is 1. The normalized spacial score (nSPS) is 33.4. The smallest absolute Gasteiger partial charge is 0.307 e. The van der Waals surface area contributed by atoms with Gasteiger partial charge in [-0.2, -0.15) is 4.31 Å². The van der Waals surface area contributed by atoms with Crippen molar-refractivity contribution in [1.82, 2.24) is 4.31 Å². The van der Waals surface area contributed by atoms with E-state index in [9.17, 15) is 13.2 Å². The van der Waals surface area contributed by atoms with Gasteiger partial charge in [0, 0.05) is 13.1 Å². The summed E-state index contributed by atoms with van der Waals surface area (Å²) in [4.78, 5) is 11.1. The van der Waals surface area contributed by atoms with Crippen LogP contribution in [0.1, 0.15) is 19.3 Å². The molecule has 7 nitrogen and oxygen atoms in total. The van der Waals surface area contributed by atoms with Crippen LogP contribution in [0, 0.1) is 5.92 Å². The number of hydrogen-bond acceptors (Lipinski definition) is 5. The lowest BCUT2D eigenvalue weighted by atomic mass is 10.1. The molecule has 3 atom stereocenters. The molecular formula is C11H19NO6S. The molecule has 0 radical (unpaired) electrons. The van der Waals surface area contributed by atoms with Gasteiger partial charge in [0.2, 0.25) is 10.0 Å². The van der Waals surface area contributed by atoms with Crippen LogP contribution in [-0.2, 0) is 19.6 Å². The Labute approximate surface area is 112 Å². The zero-order valence-corrected chi connectivity index (χ0v) is 11.4. The predicted molar refractivity (Wildman–Crippen MR) is 66.1 cm³/mol. The first kappa shape index (κ1) is 14.7. The Kier molecular flexibility index (Phi) is 4.44. The molecule has 0 aromatic carbocycles. The Bertz CT molecular complexity index is 436. The average molecular weight is 293 g/mol. The summed E-state index contributed by atoms with van der Waals surface area (Å²) in [5, 5.41) is 17.3. The maximum absolute atomic E-state index is 12.5. The van der Waals surface area contributed by atoms with E-state index in [1.807, 2.05) is 0 Å². The number of carboxylic acids is 1. The van der Waals surface area contributed by atoms with E-state index in [1.165, 1.54) is 4.31 Å². The van der Waals surface area contributed by atoms with Crippen molar-refractivity contribution in [2.75, 3.05) is 26.3 Å². The van der Waals surface area contributed by atoms with E-state index in [0.717, 1.165) is 0 Å². The van der Waals surface area contributed by atoms with Crippen LogP contribution in [-0.4, -0.2) is 66.6 Å². The van der Waals surface area contributed by atoms with Crippen molar-refractivity contribution >= 4 is 16.0 Å². The van der Waals surface area contributed by atoms with Gasteiger partial charge in [-0.25, -0.2) is 8.42 Å². The van der Waals surface area contributed by atoms with Gasteiger partial charge in [0.1, 0.15) is 0 Å². The zero-order chi connectivity index (χ0) is 14.0. The van der Waals surface area contributed by atoms with Gasteiger partial charge in [-0.3, -0.25) is 4.79 Å². The molecule has 1 saturated heterocycles. The zero-order valence-electron chi connectivity index (χ0n) is 10.6. The first-order valence-electron chi connectivity index (χ1n) is 6.41. The summed E-state index contributed by atoms with van der Waals surface area (Å²) >= 11 is 0. The van der Waals surface area contributed by atoms with Crippen LogP contribution >= 0.6 is 0 Å². The highest BCUT2D eigenvalue weighted by Crippen LogP contribution is 2.33. The number of carboxylic acid groups (broad SMARTS) is 1. The number of carbonyl (C=O) groups is 1. The van der Waals surface area contributed by atoms with Gasteiger partial charge in [-0.15, -0.1) is 0 Å². The minimum absolute atomic E-state index is 0.0989. The molecule has 1 aliphatic heterocycles. The van der Waals surface area contributed by atoms with Crippen LogP contribution in [0.4, 0.5) is 0 Å². The second-order valence-electron chi connectivity index (χ2n) is 4.99. The lowest BCUT2D eigenvalue weighted by Crippen LogP contribution is -2.51. The number of hydrogen-bond donors (Lipinski definition) is 2. The summed E-state index contributed by atoms with van der Waals surface area (Å²) < 4.78 is 31.5. The van der Waals surface area contributed by atoms with Crippen molar-refractivity contribution in [2.45, 2.75) is 30.6 Å². The molecule has 2 aliphatic rings. The molecule has 3 unspecified atom stereocenters. The van der Waals surface area contributed by atoms with Gasteiger partial charge in [0.05, 0.1) is 30.5 Å². The molecule has 0 aromatic rings. The summed E-state index contributed by atoms with van der Waals surface area (Å²) in [5.74, 6) is -1.86. The van der Waals surface area contributed by atoms with Crippen molar-refractivity contribution in [2.24, 2.45) is 5.92 Å². The third-order valence-electron chi connectivity index (χ3n) is 3.82. The van der Waals surface area contributed by atoms with E-state index in [1.54, 1.807) is 0 Å². The highest BCUT2D eigenvalue weighted by atomic mass is 32.2. The Morgan fingerprint density at radius 2 is 2.11 bits per heavy atom. The molecule has 19 heavy (non-hydrogen) atoms. The Morgan fingerprint density at radius 1 is 1.37 bits per heavy atom. The number of aliphatic carboxylic acids is 1. The van der Waals surface area contributed by atoms with Gasteiger partial charge >= 0.3 is 5.97 Å². The van der Waals surface area contributed by atoms with Gasteiger partial charge < -0.3 is 14.9 Å². The molecule has 2 rings (SSSR count). The van der Waals surface area contributed by atoms with Crippen LogP contribution in [0.25, 0.3) is 0 Å². The highest BCUT2D eigenvalue weighted by Gasteiger charge is 2.45. The fraction of sp³-hybridized carbons (Fsp3) is 0.909. The van der Waals surface area contributed by atoms with Gasteiger partial charge in [-0.1, -0.05) is 6.42 Å².